The van der Waals surface area contributed by atoms with Crippen molar-refractivity contribution in [2.24, 2.45) is 5.73 Å². The maximum absolute atomic E-state index is 5.58. The van der Waals surface area contributed by atoms with Crippen molar-refractivity contribution in [1.82, 2.24) is 15.0 Å². The Morgan fingerprint density at radius 3 is 2.87 bits per heavy atom. The smallest absolute Gasteiger partial charge is 0.156 e. The van der Waals surface area contributed by atoms with Crippen LogP contribution in [-0.2, 0) is 6.54 Å². The Bertz CT molecular complexity index is 455. The Kier molecular flexibility index (Phi) is 3.30. The molecule has 0 saturated carbocycles. The number of thiazole rings is 1. The van der Waals surface area contributed by atoms with Gasteiger partial charge in [0.15, 0.2) is 4.34 Å². The Hall–Kier alpha value is -0.980. The minimum Gasteiger partial charge on any atom is -0.325 e. The molecule has 0 fully saturated rings. The highest BCUT2D eigenvalue weighted by molar-refractivity contribution is 8.01. The summed E-state index contributed by atoms with van der Waals surface area (Å²) < 4.78 is 0.975. The van der Waals surface area contributed by atoms with Crippen molar-refractivity contribution in [1.29, 1.82) is 0 Å². The zero-order valence-electron chi connectivity index (χ0n) is 8.17. The summed E-state index contributed by atoms with van der Waals surface area (Å²) in [6.07, 6.45) is 3.32. The van der Waals surface area contributed by atoms with E-state index in [1.165, 1.54) is 11.8 Å². The molecule has 2 aromatic heterocycles. The molecule has 0 aromatic carbocycles. The van der Waals surface area contributed by atoms with Crippen LogP contribution in [0.5, 0.6) is 0 Å². The lowest BCUT2D eigenvalue weighted by Crippen LogP contribution is -2.02. The van der Waals surface area contributed by atoms with Crippen molar-refractivity contribution in [3.63, 3.8) is 0 Å². The molecule has 4 nitrogen and oxygen atoms in total. The average molecular weight is 238 g/mol. The number of nitrogens with zero attached hydrogens (tertiary/aromatic N) is 3. The molecule has 0 radical (unpaired) electrons. The second-order valence-electron chi connectivity index (χ2n) is 2.87. The molecule has 0 aliphatic heterocycles. The van der Waals surface area contributed by atoms with E-state index in [1.807, 2.05) is 12.3 Å². The molecular weight excluding hydrogens is 228 g/mol. The zero-order chi connectivity index (χ0) is 10.7. The highest BCUT2D eigenvalue weighted by atomic mass is 32.2. The summed E-state index contributed by atoms with van der Waals surface area (Å²) in [6, 6.07) is 0. The number of aryl methyl sites for hydroxylation is 1. The maximum atomic E-state index is 5.58. The predicted octanol–water partition coefficient (Wildman–Crippen LogP) is 1.85. The number of aromatic nitrogens is 3. The van der Waals surface area contributed by atoms with Gasteiger partial charge >= 0.3 is 0 Å². The Morgan fingerprint density at radius 2 is 2.20 bits per heavy atom. The van der Waals surface area contributed by atoms with Gasteiger partial charge in [-0.1, -0.05) is 0 Å². The third kappa shape index (κ3) is 2.53. The van der Waals surface area contributed by atoms with E-state index in [1.54, 1.807) is 23.7 Å². The molecule has 0 bridgehead atoms. The van der Waals surface area contributed by atoms with E-state index >= 15 is 0 Å². The normalized spacial score (nSPS) is 10.5. The summed E-state index contributed by atoms with van der Waals surface area (Å²) >= 11 is 3.12. The van der Waals surface area contributed by atoms with Crippen molar-refractivity contribution in [2.75, 3.05) is 0 Å². The van der Waals surface area contributed by atoms with E-state index in [9.17, 15) is 0 Å². The number of nitrogens with two attached hydrogens (primary N) is 1. The molecule has 0 saturated heterocycles. The molecule has 0 amide bonds. The Morgan fingerprint density at radius 1 is 1.40 bits per heavy atom. The van der Waals surface area contributed by atoms with Crippen LogP contribution in [0.3, 0.4) is 0 Å². The van der Waals surface area contributed by atoms with Crippen molar-refractivity contribution >= 4 is 23.1 Å². The lowest BCUT2D eigenvalue weighted by Gasteiger charge is -2.01. The van der Waals surface area contributed by atoms with Gasteiger partial charge < -0.3 is 5.73 Å². The van der Waals surface area contributed by atoms with Crippen LogP contribution in [-0.4, -0.2) is 15.0 Å². The van der Waals surface area contributed by atoms with Crippen molar-refractivity contribution in [3.05, 3.63) is 29.2 Å². The first-order valence-corrected chi connectivity index (χ1v) is 6.09. The molecule has 2 rings (SSSR count). The standard InChI is InChI=1S/C9H10N4S2/c1-6-5-14-9(13-6)15-8-7(4-10)11-2-3-12-8/h2-3,5H,4,10H2,1H3. The summed E-state index contributed by atoms with van der Waals surface area (Å²) in [4.78, 5) is 12.8. The minimum absolute atomic E-state index is 0.403. The molecule has 0 aliphatic rings. The number of hydrogen-bond donors (Lipinski definition) is 1. The summed E-state index contributed by atoms with van der Waals surface area (Å²) in [5.74, 6) is 0. The summed E-state index contributed by atoms with van der Waals surface area (Å²) in [5, 5.41) is 2.86. The first-order chi connectivity index (χ1) is 7.29. The Balaban J connectivity index is 2.23. The zero-order valence-corrected chi connectivity index (χ0v) is 9.81. The van der Waals surface area contributed by atoms with Gasteiger partial charge in [-0.3, -0.25) is 4.98 Å². The van der Waals surface area contributed by atoms with E-state index in [-0.39, 0.29) is 0 Å². The number of rotatable bonds is 3. The molecule has 0 unspecified atom stereocenters. The van der Waals surface area contributed by atoms with E-state index in [0.717, 1.165) is 20.8 Å². The monoisotopic (exact) mass is 238 g/mol. The Labute approximate surface area is 96.0 Å². The first-order valence-electron chi connectivity index (χ1n) is 4.39. The van der Waals surface area contributed by atoms with Crippen LogP contribution in [0.2, 0.25) is 0 Å². The second-order valence-corrected chi connectivity index (χ2v) is 4.96. The average Bonchev–Trinajstić information content (AvgIpc) is 2.65. The largest absolute Gasteiger partial charge is 0.325 e. The molecule has 15 heavy (non-hydrogen) atoms. The van der Waals surface area contributed by atoms with Gasteiger partial charge in [-0.15, -0.1) is 11.3 Å². The van der Waals surface area contributed by atoms with Gasteiger partial charge in [0.05, 0.1) is 5.69 Å². The summed E-state index contributed by atoms with van der Waals surface area (Å²) in [6.45, 7) is 2.38. The third-order valence-electron chi connectivity index (χ3n) is 1.71. The van der Waals surface area contributed by atoms with Crippen LogP contribution in [0, 0.1) is 6.92 Å². The highest BCUT2D eigenvalue weighted by Gasteiger charge is 2.07. The van der Waals surface area contributed by atoms with Crippen LogP contribution in [0.1, 0.15) is 11.4 Å². The molecular formula is C9H10N4S2. The summed E-state index contributed by atoms with van der Waals surface area (Å²) in [7, 11) is 0. The van der Waals surface area contributed by atoms with Crippen molar-refractivity contribution < 1.29 is 0 Å². The molecule has 0 atom stereocenters. The fourth-order valence-corrected chi connectivity index (χ4v) is 2.86. The minimum atomic E-state index is 0.403. The summed E-state index contributed by atoms with van der Waals surface area (Å²) in [5.41, 5.74) is 7.42. The van der Waals surface area contributed by atoms with Crippen molar-refractivity contribution in [2.45, 2.75) is 22.8 Å². The first kappa shape index (κ1) is 10.5. The van der Waals surface area contributed by atoms with Gasteiger partial charge in [0, 0.05) is 30.0 Å². The van der Waals surface area contributed by atoms with Gasteiger partial charge in [-0.2, -0.15) is 0 Å². The molecule has 6 heteroatoms. The third-order valence-corrected chi connectivity index (χ3v) is 3.80. The lowest BCUT2D eigenvalue weighted by molar-refractivity contribution is 0.886. The molecule has 2 aromatic rings. The SMILES string of the molecule is Cc1csc(Sc2nccnc2CN)n1. The van der Waals surface area contributed by atoms with E-state index in [4.69, 9.17) is 5.73 Å². The van der Waals surface area contributed by atoms with Crippen molar-refractivity contribution in [3.8, 4) is 0 Å². The van der Waals surface area contributed by atoms with Crippen LogP contribution >= 0.6 is 23.1 Å². The second kappa shape index (κ2) is 4.69. The van der Waals surface area contributed by atoms with Gasteiger partial charge in [0.2, 0.25) is 0 Å². The van der Waals surface area contributed by atoms with Crippen LogP contribution in [0.15, 0.2) is 27.1 Å². The van der Waals surface area contributed by atoms with E-state index < -0.39 is 0 Å². The topological polar surface area (TPSA) is 64.7 Å². The van der Waals surface area contributed by atoms with Gasteiger partial charge in [-0.25, -0.2) is 9.97 Å². The lowest BCUT2D eigenvalue weighted by atomic mass is 10.5. The van der Waals surface area contributed by atoms with Gasteiger partial charge in [-0.05, 0) is 18.7 Å². The predicted molar refractivity (Wildman–Crippen MR) is 60.9 cm³/mol. The quantitative estimate of drug-likeness (QED) is 0.884. The van der Waals surface area contributed by atoms with Gasteiger partial charge in [0.25, 0.3) is 0 Å². The van der Waals surface area contributed by atoms with Crippen LogP contribution < -0.4 is 5.73 Å². The molecule has 0 aliphatic carbocycles. The van der Waals surface area contributed by atoms with E-state index in [2.05, 4.69) is 15.0 Å². The highest BCUT2D eigenvalue weighted by Crippen LogP contribution is 2.29. The fourth-order valence-electron chi connectivity index (χ4n) is 1.04. The molecule has 2 N–H and O–H groups in total. The fraction of sp³-hybridized carbons (Fsp3) is 0.222. The molecule has 0 spiro atoms. The van der Waals surface area contributed by atoms with Crippen LogP contribution in [0.25, 0.3) is 0 Å². The van der Waals surface area contributed by atoms with Gasteiger partial charge in [0.1, 0.15) is 5.03 Å². The molecule has 78 valence electrons. The van der Waals surface area contributed by atoms with E-state index in [0.29, 0.717) is 6.54 Å². The molecule has 2 heterocycles. The number of hydrogen-bond acceptors (Lipinski definition) is 6. The van der Waals surface area contributed by atoms with Crippen LogP contribution in [0.4, 0.5) is 0 Å². The maximum Gasteiger partial charge on any atom is 0.156 e.